The fourth-order valence-electron chi connectivity index (χ4n) is 2.66. The Bertz CT molecular complexity index is 419. The van der Waals surface area contributed by atoms with Crippen LogP contribution in [0.1, 0.15) is 49.4 Å². The fourth-order valence-corrected chi connectivity index (χ4v) is 2.66. The molecule has 1 saturated heterocycles. The van der Waals surface area contributed by atoms with E-state index in [1.54, 1.807) is 0 Å². The number of aromatic carboxylic acids is 1. The van der Waals surface area contributed by atoms with Gasteiger partial charge in [-0.05, 0) is 25.2 Å². The molecule has 0 bridgehead atoms. The number of hydrogen-bond acceptors (Lipinski definition) is 4. The second-order valence-corrected chi connectivity index (χ2v) is 5.15. The smallest absolute Gasteiger partial charge is 0.338 e. The first-order valence-electron chi connectivity index (χ1n) is 7.01. The van der Waals surface area contributed by atoms with Gasteiger partial charge in [-0.15, -0.1) is 0 Å². The molecular weight excluding hydrogens is 242 g/mol. The van der Waals surface area contributed by atoms with Crippen LogP contribution in [-0.2, 0) is 0 Å². The number of carboxylic acids is 1. The second-order valence-electron chi connectivity index (χ2n) is 5.15. The van der Waals surface area contributed by atoms with Crippen molar-refractivity contribution >= 4 is 11.9 Å². The lowest BCUT2D eigenvalue weighted by Gasteiger charge is -2.20. The van der Waals surface area contributed by atoms with Gasteiger partial charge in [0, 0.05) is 25.5 Å². The molecule has 0 radical (unpaired) electrons. The van der Waals surface area contributed by atoms with Crippen LogP contribution >= 0.6 is 0 Å². The van der Waals surface area contributed by atoms with Gasteiger partial charge in [-0.1, -0.05) is 19.8 Å². The van der Waals surface area contributed by atoms with Crippen molar-refractivity contribution in [1.29, 1.82) is 0 Å². The van der Waals surface area contributed by atoms with Gasteiger partial charge in [-0.2, -0.15) is 0 Å². The van der Waals surface area contributed by atoms with Crippen LogP contribution in [0.4, 0.5) is 5.95 Å². The van der Waals surface area contributed by atoms with Gasteiger partial charge in [0.15, 0.2) is 0 Å². The lowest BCUT2D eigenvalue weighted by molar-refractivity contribution is 0.0696. The van der Waals surface area contributed by atoms with E-state index in [1.165, 1.54) is 38.1 Å². The normalized spacial score (nSPS) is 20.1. The van der Waals surface area contributed by atoms with E-state index in [0.717, 1.165) is 25.4 Å². The minimum atomic E-state index is -0.981. The third kappa shape index (κ3) is 3.66. The average molecular weight is 263 g/mol. The van der Waals surface area contributed by atoms with Crippen molar-refractivity contribution in [3.05, 3.63) is 18.0 Å². The van der Waals surface area contributed by atoms with Crippen LogP contribution in [0.25, 0.3) is 0 Å². The van der Waals surface area contributed by atoms with Gasteiger partial charge >= 0.3 is 5.97 Å². The summed E-state index contributed by atoms with van der Waals surface area (Å²) in [6.07, 6.45) is 8.93. The molecule has 0 aliphatic carbocycles. The van der Waals surface area contributed by atoms with Crippen molar-refractivity contribution < 1.29 is 9.90 Å². The Labute approximate surface area is 113 Å². The number of carbonyl (C=O) groups is 1. The van der Waals surface area contributed by atoms with E-state index in [0.29, 0.717) is 5.95 Å². The maximum atomic E-state index is 10.8. The number of anilines is 1. The zero-order valence-electron chi connectivity index (χ0n) is 11.4. The molecule has 2 rings (SSSR count). The Kier molecular flexibility index (Phi) is 4.71. The predicted octanol–water partition coefficient (Wildman–Crippen LogP) is 2.58. The molecule has 19 heavy (non-hydrogen) atoms. The average Bonchev–Trinajstić information content (AvgIpc) is 2.65. The van der Waals surface area contributed by atoms with Crippen LogP contribution in [0, 0.1) is 5.92 Å². The van der Waals surface area contributed by atoms with E-state index in [9.17, 15) is 4.79 Å². The first-order valence-corrected chi connectivity index (χ1v) is 7.01. The molecule has 1 aromatic rings. The molecule has 1 N–H and O–H groups in total. The summed E-state index contributed by atoms with van der Waals surface area (Å²) in [5.41, 5.74) is 0.141. The van der Waals surface area contributed by atoms with Crippen LogP contribution in [0.2, 0.25) is 0 Å². The molecule has 0 aromatic carbocycles. The molecule has 1 aliphatic heterocycles. The Morgan fingerprint density at radius 2 is 2.11 bits per heavy atom. The highest BCUT2D eigenvalue weighted by Crippen LogP contribution is 2.23. The lowest BCUT2D eigenvalue weighted by atomic mass is 9.96. The second kappa shape index (κ2) is 6.50. The molecule has 5 nitrogen and oxygen atoms in total. The first-order chi connectivity index (χ1) is 9.20. The molecule has 5 heteroatoms. The summed E-state index contributed by atoms with van der Waals surface area (Å²) >= 11 is 0. The summed E-state index contributed by atoms with van der Waals surface area (Å²) < 4.78 is 0. The zero-order valence-corrected chi connectivity index (χ0v) is 11.4. The number of hydrogen-bond donors (Lipinski definition) is 1. The molecule has 0 saturated carbocycles. The minimum absolute atomic E-state index is 0.141. The van der Waals surface area contributed by atoms with Gasteiger partial charge in [0.2, 0.25) is 5.95 Å². The summed E-state index contributed by atoms with van der Waals surface area (Å²) in [5, 5.41) is 8.83. The molecule has 0 amide bonds. The Morgan fingerprint density at radius 1 is 1.37 bits per heavy atom. The minimum Gasteiger partial charge on any atom is -0.478 e. The van der Waals surface area contributed by atoms with Crippen molar-refractivity contribution in [2.45, 2.75) is 39.0 Å². The maximum Gasteiger partial charge on any atom is 0.338 e. The summed E-state index contributed by atoms with van der Waals surface area (Å²) in [4.78, 5) is 21.3. The van der Waals surface area contributed by atoms with Crippen LogP contribution in [0.15, 0.2) is 12.4 Å². The number of rotatable bonds is 4. The highest BCUT2D eigenvalue weighted by Gasteiger charge is 2.18. The van der Waals surface area contributed by atoms with E-state index >= 15 is 0 Å². The number of aromatic nitrogens is 2. The Morgan fingerprint density at radius 3 is 2.74 bits per heavy atom. The van der Waals surface area contributed by atoms with E-state index in [1.807, 2.05) is 0 Å². The van der Waals surface area contributed by atoms with E-state index in [4.69, 9.17) is 5.11 Å². The quantitative estimate of drug-likeness (QED) is 0.904. The van der Waals surface area contributed by atoms with E-state index < -0.39 is 5.97 Å². The monoisotopic (exact) mass is 263 g/mol. The van der Waals surface area contributed by atoms with Crippen molar-refractivity contribution in [2.24, 2.45) is 5.92 Å². The standard InChI is InChI=1S/C14H21N3O2/c1-2-4-11-5-3-7-17(8-6-11)14-15-9-12(10-16-14)13(18)19/h9-11H,2-8H2,1H3,(H,18,19). The maximum absolute atomic E-state index is 10.8. The van der Waals surface area contributed by atoms with Crippen LogP contribution < -0.4 is 4.90 Å². The Hall–Kier alpha value is -1.65. The third-order valence-corrected chi connectivity index (χ3v) is 3.71. The molecule has 1 fully saturated rings. The fraction of sp³-hybridized carbons (Fsp3) is 0.643. The summed E-state index contributed by atoms with van der Waals surface area (Å²) in [6, 6.07) is 0. The SMILES string of the molecule is CCCC1CCCN(c2ncc(C(=O)O)cn2)CC1. The molecule has 1 aliphatic rings. The predicted molar refractivity (Wildman–Crippen MR) is 73.5 cm³/mol. The van der Waals surface area contributed by atoms with E-state index in [-0.39, 0.29) is 5.56 Å². The van der Waals surface area contributed by atoms with Gasteiger partial charge in [0.1, 0.15) is 0 Å². The van der Waals surface area contributed by atoms with Crippen molar-refractivity contribution in [3.63, 3.8) is 0 Å². The van der Waals surface area contributed by atoms with Gasteiger partial charge in [-0.3, -0.25) is 0 Å². The van der Waals surface area contributed by atoms with Crippen molar-refractivity contribution in [3.8, 4) is 0 Å². The molecule has 1 atom stereocenters. The van der Waals surface area contributed by atoms with Crippen molar-refractivity contribution in [2.75, 3.05) is 18.0 Å². The highest BCUT2D eigenvalue weighted by molar-refractivity contribution is 5.86. The molecular formula is C14H21N3O2. The number of carboxylic acid groups (broad SMARTS) is 1. The van der Waals surface area contributed by atoms with Crippen molar-refractivity contribution in [1.82, 2.24) is 9.97 Å². The highest BCUT2D eigenvalue weighted by atomic mass is 16.4. The van der Waals surface area contributed by atoms with Gasteiger partial charge in [-0.25, -0.2) is 14.8 Å². The van der Waals surface area contributed by atoms with Gasteiger partial charge in [0.05, 0.1) is 5.56 Å². The van der Waals surface area contributed by atoms with Gasteiger partial charge in [0.25, 0.3) is 0 Å². The molecule has 1 aromatic heterocycles. The molecule has 0 spiro atoms. The third-order valence-electron chi connectivity index (χ3n) is 3.71. The van der Waals surface area contributed by atoms with Crippen LogP contribution in [-0.4, -0.2) is 34.1 Å². The molecule has 104 valence electrons. The largest absolute Gasteiger partial charge is 0.478 e. The zero-order chi connectivity index (χ0) is 13.7. The summed E-state index contributed by atoms with van der Waals surface area (Å²) in [6.45, 7) is 4.17. The topological polar surface area (TPSA) is 66.3 Å². The first kappa shape index (κ1) is 13.8. The van der Waals surface area contributed by atoms with Crippen LogP contribution in [0.3, 0.4) is 0 Å². The summed E-state index contributed by atoms with van der Waals surface area (Å²) in [5.74, 6) is 0.487. The van der Waals surface area contributed by atoms with E-state index in [2.05, 4.69) is 21.8 Å². The lowest BCUT2D eigenvalue weighted by Crippen LogP contribution is -2.26. The number of nitrogens with zero attached hydrogens (tertiary/aromatic N) is 3. The summed E-state index contributed by atoms with van der Waals surface area (Å²) in [7, 11) is 0. The Balaban J connectivity index is 1.99. The molecule has 2 heterocycles. The van der Waals surface area contributed by atoms with Gasteiger partial charge < -0.3 is 10.0 Å². The molecule has 1 unspecified atom stereocenters. The van der Waals surface area contributed by atoms with Crippen LogP contribution in [0.5, 0.6) is 0 Å².